The molecule has 0 aliphatic heterocycles. The van der Waals surface area contributed by atoms with E-state index in [2.05, 4.69) is 0 Å². The van der Waals surface area contributed by atoms with Gasteiger partial charge in [0.15, 0.2) is 9.84 Å². The summed E-state index contributed by atoms with van der Waals surface area (Å²) in [5.74, 6) is -0.704. The maximum atomic E-state index is 13.2. The van der Waals surface area contributed by atoms with Gasteiger partial charge in [-0.1, -0.05) is 24.3 Å². The van der Waals surface area contributed by atoms with Crippen LogP contribution in [0.25, 0.3) is 0 Å². The standard InChI is InChI=1S/C17H18FNO3S/c1-19(11-13-5-4-8-16(18)10-13)17(20)15-7-3-6-14(9-15)12-23(2,21)22/h3-10H,11-12H2,1-2H3. The van der Waals surface area contributed by atoms with Crippen molar-refractivity contribution in [3.05, 3.63) is 71.0 Å². The highest BCUT2D eigenvalue weighted by Gasteiger charge is 2.14. The van der Waals surface area contributed by atoms with Crippen molar-refractivity contribution in [3.8, 4) is 0 Å². The van der Waals surface area contributed by atoms with Crippen LogP contribution < -0.4 is 0 Å². The van der Waals surface area contributed by atoms with E-state index in [1.54, 1.807) is 43.4 Å². The smallest absolute Gasteiger partial charge is 0.253 e. The highest BCUT2D eigenvalue weighted by Crippen LogP contribution is 2.13. The van der Waals surface area contributed by atoms with Gasteiger partial charge in [-0.2, -0.15) is 0 Å². The fraction of sp³-hybridized carbons (Fsp3) is 0.235. The van der Waals surface area contributed by atoms with E-state index >= 15 is 0 Å². The maximum absolute atomic E-state index is 13.2. The van der Waals surface area contributed by atoms with Gasteiger partial charge in [-0.3, -0.25) is 4.79 Å². The Hall–Kier alpha value is -2.21. The van der Waals surface area contributed by atoms with Gasteiger partial charge >= 0.3 is 0 Å². The first kappa shape index (κ1) is 17.1. The molecule has 0 aromatic heterocycles. The highest BCUT2D eigenvalue weighted by molar-refractivity contribution is 7.89. The van der Waals surface area contributed by atoms with Gasteiger partial charge in [0.25, 0.3) is 5.91 Å². The van der Waals surface area contributed by atoms with E-state index in [1.807, 2.05) is 0 Å². The lowest BCUT2D eigenvalue weighted by molar-refractivity contribution is 0.0785. The lowest BCUT2D eigenvalue weighted by Gasteiger charge is -2.18. The minimum Gasteiger partial charge on any atom is -0.337 e. The van der Waals surface area contributed by atoms with Gasteiger partial charge in [-0.25, -0.2) is 12.8 Å². The Bertz CT molecular complexity index is 818. The molecular weight excluding hydrogens is 317 g/mol. The van der Waals surface area contributed by atoms with E-state index in [0.717, 1.165) is 6.26 Å². The van der Waals surface area contributed by atoms with Crippen LogP contribution in [0.2, 0.25) is 0 Å². The van der Waals surface area contributed by atoms with Crippen LogP contribution in [0.5, 0.6) is 0 Å². The first-order valence-corrected chi connectivity index (χ1v) is 9.07. The van der Waals surface area contributed by atoms with E-state index < -0.39 is 9.84 Å². The molecular formula is C17H18FNO3S. The van der Waals surface area contributed by atoms with Crippen molar-refractivity contribution in [2.45, 2.75) is 12.3 Å². The van der Waals surface area contributed by atoms with Crippen LogP contribution in [-0.2, 0) is 22.1 Å². The lowest BCUT2D eigenvalue weighted by atomic mass is 10.1. The molecule has 1 amide bonds. The van der Waals surface area contributed by atoms with Gasteiger partial charge in [0.1, 0.15) is 5.82 Å². The third-order valence-corrected chi connectivity index (χ3v) is 4.12. The zero-order valence-electron chi connectivity index (χ0n) is 13.0. The van der Waals surface area contributed by atoms with Crippen LogP contribution in [-0.4, -0.2) is 32.5 Å². The molecule has 0 fully saturated rings. The number of amides is 1. The topological polar surface area (TPSA) is 54.5 Å². The van der Waals surface area contributed by atoms with E-state index in [1.165, 1.54) is 17.0 Å². The maximum Gasteiger partial charge on any atom is 0.253 e. The van der Waals surface area contributed by atoms with Crippen molar-refractivity contribution in [1.29, 1.82) is 0 Å². The van der Waals surface area contributed by atoms with E-state index in [9.17, 15) is 17.6 Å². The molecule has 2 rings (SSSR count). The summed E-state index contributed by atoms with van der Waals surface area (Å²) in [5, 5.41) is 0. The van der Waals surface area contributed by atoms with Gasteiger partial charge in [-0.15, -0.1) is 0 Å². The predicted molar refractivity (Wildman–Crippen MR) is 87.2 cm³/mol. The first-order valence-electron chi connectivity index (χ1n) is 7.01. The zero-order valence-corrected chi connectivity index (χ0v) is 13.8. The molecule has 6 heteroatoms. The van der Waals surface area contributed by atoms with Crippen LogP contribution in [0.4, 0.5) is 4.39 Å². The number of rotatable bonds is 5. The van der Waals surface area contributed by atoms with E-state index in [-0.39, 0.29) is 24.0 Å². The Morgan fingerprint density at radius 3 is 2.39 bits per heavy atom. The molecule has 0 aliphatic rings. The molecule has 0 saturated carbocycles. The number of hydrogen-bond donors (Lipinski definition) is 0. The van der Waals surface area contributed by atoms with Crippen LogP contribution >= 0.6 is 0 Å². The Morgan fingerprint density at radius 1 is 1.09 bits per heavy atom. The van der Waals surface area contributed by atoms with E-state index in [0.29, 0.717) is 16.7 Å². The highest BCUT2D eigenvalue weighted by atomic mass is 32.2. The van der Waals surface area contributed by atoms with Gasteiger partial charge in [0.05, 0.1) is 5.75 Å². The molecule has 122 valence electrons. The second kappa shape index (κ2) is 6.91. The van der Waals surface area contributed by atoms with Gasteiger partial charge in [0, 0.05) is 25.4 Å². The Labute approximate surface area is 135 Å². The number of halogens is 1. The molecule has 0 aliphatic carbocycles. The third-order valence-electron chi connectivity index (χ3n) is 3.26. The minimum atomic E-state index is -3.16. The number of nitrogens with zero attached hydrogens (tertiary/aromatic N) is 1. The molecule has 0 N–H and O–H groups in total. The van der Waals surface area contributed by atoms with Gasteiger partial charge in [0.2, 0.25) is 0 Å². The van der Waals surface area contributed by atoms with Crippen molar-refractivity contribution in [3.63, 3.8) is 0 Å². The number of hydrogen-bond acceptors (Lipinski definition) is 3. The fourth-order valence-electron chi connectivity index (χ4n) is 2.30. The average molecular weight is 335 g/mol. The Kier molecular flexibility index (Phi) is 5.15. The van der Waals surface area contributed by atoms with Crippen LogP contribution in [0.1, 0.15) is 21.5 Å². The summed E-state index contributed by atoms with van der Waals surface area (Å²) < 4.78 is 35.9. The summed E-state index contributed by atoms with van der Waals surface area (Å²) in [6, 6.07) is 12.6. The number of sulfone groups is 1. The van der Waals surface area contributed by atoms with Crippen molar-refractivity contribution in [2.75, 3.05) is 13.3 Å². The molecule has 0 unspecified atom stereocenters. The summed E-state index contributed by atoms with van der Waals surface area (Å²) >= 11 is 0. The molecule has 0 heterocycles. The second-order valence-corrected chi connectivity index (χ2v) is 7.70. The van der Waals surface area contributed by atoms with E-state index in [4.69, 9.17) is 0 Å². The molecule has 0 spiro atoms. The summed E-state index contributed by atoms with van der Waals surface area (Å²) in [7, 11) is -1.54. The number of carbonyl (C=O) groups is 1. The molecule has 2 aromatic carbocycles. The largest absolute Gasteiger partial charge is 0.337 e. The molecule has 2 aromatic rings. The van der Waals surface area contributed by atoms with Crippen LogP contribution in [0.15, 0.2) is 48.5 Å². The van der Waals surface area contributed by atoms with Gasteiger partial charge < -0.3 is 4.90 Å². The Balaban J connectivity index is 2.14. The summed E-state index contributed by atoms with van der Waals surface area (Å²) in [4.78, 5) is 13.9. The van der Waals surface area contributed by atoms with Gasteiger partial charge in [-0.05, 0) is 35.4 Å². The summed E-state index contributed by atoms with van der Waals surface area (Å²) in [6.07, 6.45) is 1.15. The number of carbonyl (C=O) groups excluding carboxylic acids is 1. The molecule has 0 bridgehead atoms. The molecule has 0 radical (unpaired) electrons. The number of benzene rings is 2. The predicted octanol–water partition coefficient (Wildman–Crippen LogP) is 2.64. The second-order valence-electron chi connectivity index (χ2n) is 5.56. The third kappa shape index (κ3) is 5.17. The van der Waals surface area contributed by atoms with Crippen molar-refractivity contribution < 1.29 is 17.6 Å². The summed E-state index contributed by atoms with van der Waals surface area (Å²) in [5.41, 5.74) is 1.66. The van der Waals surface area contributed by atoms with Crippen molar-refractivity contribution in [2.24, 2.45) is 0 Å². The average Bonchev–Trinajstić information content (AvgIpc) is 2.45. The molecule has 0 atom stereocenters. The van der Waals surface area contributed by atoms with Crippen molar-refractivity contribution >= 4 is 15.7 Å². The molecule has 23 heavy (non-hydrogen) atoms. The van der Waals surface area contributed by atoms with Crippen LogP contribution in [0, 0.1) is 5.82 Å². The van der Waals surface area contributed by atoms with Crippen molar-refractivity contribution in [1.82, 2.24) is 4.90 Å². The molecule has 4 nitrogen and oxygen atoms in total. The lowest BCUT2D eigenvalue weighted by Crippen LogP contribution is -2.26. The summed E-state index contributed by atoms with van der Waals surface area (Å²) in [6.45, 7) is 0.271. The Morgan fingerprint density at radius 2 is 1.74 bits per heavy atom. The fourth-order valence-corrected chi connectivity index (χ4v) is 3.08. The van der Waals surface area contributed by atoms with Crippen LogP contribution in [0.3, 0.4) is 0 Å². The first-order chi connectivity index (χ1) is 10.7. The minimum absolute atomic E-state index is 0.109. The zero-order chi connectivity index (χ0) is 17.0. The normalized spacial score (nSPS) is 11.3. The SMILES string of the molecule is CN(Cc1cccc(F)c1)C(=O)c1cccc(CS(C)(=O)=O)c1. The monoisotopic (exact) mass is 335 g/mol. The molecule has 0 saturated heterocycles. The quantitative estimate of drug-likeness (QED) is 0.844.